The molecule has 1 atom stereocenters. The first-order valence-electron chi connectivity index (χ1n) is 13.1. The zero-order chi connectivity index (χ0) is 29.7. The van der Waals surface area contributed by atoms with Gasteiger partial charge in [0, 0.05) is 18.4 Å². The number of benzene rings is 2. The van der Waals surface area contributed by atoms with E-state index in [9.17, 15) is 19.5 Å². The Balaban J connectivity index is 1.42. The van der Waals surface area contributed by atoms with Crippen molar-refractivity contribution >= 4 is 47.0 Å². The van der Waals surface area contributed by atoms with E-state index < -0.39 is 29.4 Å². The van der Waals surface area contributed by atoms with Gasteiger partial charge in [0.15, 0.2) is 0 Å². The summed E-state index contributed by atoms with van der Waals surface area (Å²) in [6.07, 6.45) is 0.729. The Labute approximate surface area is 248 Å². The minimum Gasteiger partial charge on any atom is -0.493 e. The maximum absolute atomic E-state index is 12.8. The molecular formula is C30H31Cl2N3O6. The van der Waals surface area contributed by atoms with Crippen LogP contribution in [-0.4, -0.2) is 54.4 Å². The molecule has 2 heterocycles. The van der Waals surface area contributed by atoms with Gasteiger partial charge in [0.25, 0.3) is 5.91 Å². The monoisotopic (exact) mass is 599 g/mol. The molecule has 0 fully saturated rings. The number of aromatic nitrogens is 1. The number of carbonyl (C=O) groups excluding carboxylic acids is 2. The first-order chi connectivity index (χ1) is 19.5. The smallest absolute Gasteiger partial charge is 0.413 e. The summed E-state index contributed by atoms with van der Waals surface area (Å²) >= 11 is 12.3. The van der Waals surface area contributed by atoms with Gasteiger partial charge in [-0.1, -0.05) is 61.3 Å². The number of amides is 2. The number of methoxy groups -OCH3 is 1. The van der Waals surface area contributed by atoms with Gasteiger partial charge in [-0.2, -0.15) is 0 Å². The number of esters is 1. The van der Waals surface area contributed by atoms with Gasteiger partial charge in [-0.05, 0) is 54.3 Å². The molecule has 2 amide bonds. The number of nitrogens with zero attached hydrogens (tertiary/aromatic N) is 2. The molecule has 1 aliphatic heterocycles. The summed E-state index contributed by atoms with van der Waals surface area (Å²) in [5.41, 5.74) is 2.00. The molecule has 0 saturated heterocycles. The van der Waals surface area contributed by atoms with Crippen LogP contribution in [0.25, 0.3) is 0 Å². The SMILES string of the molecule is COC(=O)[C@H](Cc1ccc(OCC(C)(C)c2ccc3c(n2)N(C(=O)O)CCC3)cc1)NC(=O)c1c(Cl)cccc1Cl. The van der Waals surface area contributed by atoms with Crippen LogP contribution < -0.4 is 15.0 Å². The van der Waals surface area contributed by atoms with Gasteiger partial charge in [-0.3, -0.25) is 9.69 Å². The third-order valence-electron chi connectivity index (χ3n) is 6.91. The molecule has 2 aromatic carbocycles. The lowest BCUT2D eigenvalue weighted by Gasteiger charge is -2.30. The molecule has 0 unspecified atom stereocenters. The van der Waals surface area contributed by atoms with Gasteiger partial charge in [0.2, 0.25) is 0 Å². The highest BCUT2D eigenvalue weighted by molar-refractivity contribution is 6.39. The Bertz CT molecular complexity index is 1420. The maximum Gasteiger partial charge on any atom is 0.413 e. The van der Waals surface area contributed by atoms with Crippen molar-refractivity contribution in [2.45, 2.75) is 44.6 Å². The number of aryl methyl sites for hydroxylation is 1. The van der Waals surface area contributed by atoms with E-state index in [1.807, 2.05) is 26.0 Å². The molecule has 1 aromatic heterocycles. The minimum absolute atomic E-state index is 0.0835. The van der Waals surface area contributed by atoms with Crippen molar-refractivity contribution in [3.63, 3.8) is 0 Å². The standard InChI is InChI=1S/C30H31Cl2N3O6/c1-30(2,24-14-11-19-6-5-15-35(29(38)39)26(19)34-24)17-41-20-12-9-18(10-13-20)16-23(28(37)40-3)33-27(36)25-21(31)7-4-8-22(25)32/h4,7-14,23H,5-6,15-17H2,1-3H3,(H,33,36)(H,38,39)/t23-/m0/s1. The van der Waals surface area contributed by atoms with Gasteiger partial charge in [-0.15, -0.1) is 0 Å². The number of fused-ring (bicyclic) bond motifs is 1. The van der Waals surface area contributed by atoms with Crippen molar-refractivity contribution in [1.82, 2.24) is 10.3 Å². The Hall–Kier alpha value is -3.82. The number of ether oxygens (including phenoxy) is 2. The van der Waals surface area contributed by atoms with E-state index in [1.165, 1.54) is 12.0 Å². The lowest BCUT2D eigenvalue weighted by atomic mass is 9.89. The molecule has 41 heavy (non-hydrogen) atoms. The van der Waals surface area contributed by atoms with Crippen LogP contribution in [0.2, 0.25) is 10.0 Å². The van der Waals surface area contributed by atoms with Gasteiger partial charge < -0.3 is 19.9 Å². The van der Waals surface area contributed by atoms with Crippen molar-refractivity contribution in [3.8, 4) is 5.75 Å². The quantitative estimate of drug-likeness (QED) is 0.303. The Morgan fingerprint density at radius 1 is 1.07 bits per heavy atom. The lowest BCUT2D eigenvalue weighted by Crippen LogP contribution is -2.43. The molecule has 4 rings (SSSR count). The zero-order valence-electron chi connectivity index (χ0n) is 22.9. The summed E-state index contributed by atoms with van der Waals surface area (Å²) in [5, 5.41) is 12.6. The van der Waals surface area contributed by atoms with Crippen LogP contribution in [0.15, 0.2) is 54.6 Å². The van der Waals surface area contributed by atoms with Gasteiger partial charge >= 0.3 is 12.1 Å². The van der Waals surface area contributed by atoms with E-state index in [4.69, 9.17) is 37.7 Å². The second kappa shape index (κ2) is 12.8. The number of rotatable bonds is 9. The molecular weight excluding hydrogens is 569 g/mol. The number of carbonyl (C=O) groups is 3. The summed E-state index contributed by atoms with van der Waals surface area (Å²) in [4.78, 5) is 43.0. The van der Waals surface area contributed by atoms with Gasteiger partial charge in [0.1, 0.15) is 17.6 Å². The van der Waals surface area contributed by atoms with Crippen molar-refractivity contribution in [2.75, 3.05) is 25.2 Å². The zero-order valence-corrected chi connectivity index (χ0v) is 24.5. The number of hydrogen-bond donors (Lipinski definition) is 2. The Morgan fingerprint density at radius 3 is 2.39 bits per heavy atom. The van der Waals surface area contributed by atoms with E-state index in [0.29, 0.717) is 24.7 Å². The van der Waals surface area contributed by atoms with Crippen LogP contribution in [0.5, 0.6) is 5.75 Å². The third kappa shape index (κ3) is 7.10. The van der Waals surface area contributed by atoms with Crippen molar-refractivity contribution < 1.29 is 29.0 Å². The molecule has 0 saturated carbocycles. The van der Waals surface area contributed by atoms with Crippen molar-refractivity contribution in [3.05, 3.63) is 87.0 Å². The largest absolute Gasteiger partial charge is 0.493 e. The van der Waals surface area contributed by atoms with Gasteiger partial charge in [0.05, 0.1) is 35.0 Å². The fraction of sp³-hybridized carbons (Fsp3) is 0.333. The van der Waals surface area contributed by atoms with Crippen LogP contribution in [0.1, 0.15) is 47.4 Å². The van der Waals surface area contributed by atoms with E-state index in [0.717, 1.165) is 29.7 Å². The Morgan fingerprint density at radius 2 is 1.76 bits per heavy atom. The summed E-state index contributed by atoms with van der Waals surface area (Å²) < 4.78 is 11.0. The number of halogens is 2. The summed E-state index contributed by atoms with van der Waals surface area (Å²) in [7, 11) is 1.25. The molecule has 1 aliphatic rings. The van der Waals surface area contributed by atoms with Crippen molar-refractivity contribution in [2.24, 2.45) is 0 Å². The lowest BCUT2D eigenvalue weighted by molar-refractivity contribution is -0.142. The minimum atomic E-state index is -1.01. The fourth-order valence-corrected chi connectivity index (χ4v) is 5.15. The van der Waals surface area contributed by atoms with E-state index in [-0.39, 0.29) is 22.0 Å². The first-order valence-corrected chi connectivity index (χ1v) is 13.8. The first kappa shape index (κ1) is 30.1. The molecule has 11 heteroatoms. The number of carboxylic acid groups (broad SMARTS) is 1. The molecule has 0 spiro atoms. The Kier molecular flexibility index (Phi) is 9.40. The molecule has 216 valence electrons. The highest BCUT2D eigenvalue weighted by atomic mass is 35.5. The summed E-state index contributed by atoms with van der Waals surface area (Å²) in [5.74, 6) is -0.0979. The fourth-order valence-electron chi connectivity index (χ4n) is 4.58. The predicted molar refractivity (Wildman–Crippen MR) is 156 cm³/mol. The topological polar surface area (TPSA) is 118 Å². The average Bonchev–Trinajstić information content (AvgIpc) is 2.95. The second-order valence-corrected chi connectivity index (χ2v) is 11.2. The number of anilines is 1. The van der Waals surface area contributed by atoms with Crippen LogP contribution in [0, 0.1) is 0 Å². The normalized spacial score (nSPS) is 13.6. The maximum atomic E-state index is 12.8. The highest BCUT2D eigenvalue weighted by Crippen LogP contribution is 2.31. The molecule has 0 radical (unpaired) electrons. The predicted octanol–water partition coefficient (Wildman–Crippen LogP) is 5.69. The summed E-state index contributed by atoms with van der Waals surface area (Å²) in [6, 6.07) is 14.8. The third-order valence-corrected chi connectivity index (χ3v) is 7.54. The highest BCUT2D eigenvalue weighted by Gasteiger charge is 2.29. The van der Waals surface area contributed by atoms with Crippen LogP contribution >= 0.6 is 23.2 Å². The summed E-state index contributed by atoms with van der Waals surface area (Å²) in [6.45, 7) is 4.69. The molecule has 2 N–H and O–H groups in total. The van der Waals surface area contributed by atoms with Crippen molar-refractivity contribution in [1.29, 1.82) is 0 Å². The van der Waals surface area contributed by atoms with E-state index in [2.05, 4.69) is 5.32 Å². The van der Waals surface area contributed by atoms with Crippen LogP contribution in [-0.2, 0) is 27.8 Å². The van der Waals surface area contributed by atoms with Crippen LogP contribution in [0.4, 0.5) is 10.6 Å². The molecule has 9 nitrogen and oxygen atoms in total. The number of pyridine rings is 1. The average molecular weight is 600 g/mol. The van der Waals surface area contributed by atoms with E-state index >= 15 is 0 Å². The van der Waals surface area contributed by atoms with E-state index in [1.54, 1.807) is 42.5 Å². The molecule has 0 aliphatic carbocycles. The van der Waals surface area contributed by atoms with Gasteiger partial charge in [-0.25, -0.2) is 14.6 Å². The molecule has 0 bridgehead atoms. The number of nitrogens with one attached hydrogen (secondary N) is 1. The number of hydrogen-bond acceptors (Lipinski definition) is 6. The molecule has 3 aromatic rings. The van der Waals surface area contributed by atoms with Crippen LogP contribution in [0.3, 0.4) is 0 Å². The second-order valence-electron chi connectivity index (χ2n) is 10.4.